The number of hydrogen-bond acceptors (Lipinski definition) is 2. The third-order valence-electron chi connectivity index (χ3n) is 2.70. The van der Waals surface area contributed by atoms with E-state index in [0.29, 0.717) is 5.92 Å². The van der Waals surface area contributed by atoms with Crippen LogP contribution in [0.1, 0.15) is 39.0 Å². The van der Waals surface area contributed by atoms with Crippen LogP contribution < -0.4 is 0 Å². The maximum atomic E-state index is 8.34. The molecule has 1 saturated carbocycles. The van der Waals surface area contributed by atoms with Gasteiger partial charge < -0.3 is 5.21 Å². The van der Waals surface area contributed by atoms with E-state index in [1.807, 2.05) is 0 Å². The first kappa shape index (κ1) is 8.57. The minimum absolute atomic E-state index is 0.459. The van der Waals surface area contributed by atoms with E-state index in [0.717, 1.165) is 5.92 Å². The third kappa shape index (κ3) is 2.52. The first-order valence-corrected chi connectivity index (χ1v) is 4.52. The average Bonchev–Trinajstić information content (AvgIpc) is 2.07. The van der Waals surface area contributed by atoms with E-state index in [2.05, 4.69) is 12.1 Å². The Kier molecular flexibility index (Phi) is 3.40. The van der Waals surface area contributed by atoms with E-state index in [1.54, 1.807) is 6.21 Å². The van der Waals surface area contributed by atoms with Gasteiger partial charge in [-0.1, -0.05) is 26.2 Å². The molecule has 2 nitrogen and oxygen atoms in total. The standard InChI is InChI=1S/C9H17NO/c1-8(7-10-11)9-5-3-2-4-6-9/h7-9,11H,2-6H2,1H3. The van der Waals surface area contributed by atoms with Gasteiger partial charge in [0.1, 0.15) is 0 Å². The zero-order valence-corrected chi connectivity index (χ0v) is 7.16. The van der Waals surface area contributed by atoms with Crippen molar-refractivity contribution in [1.82, 2.24) is 0 Å². The van der Waals surface area contributed by atoms with Crippen molar-refractivity contribution in [2.45, 2.75) is 39.0 Å². The molecular formula is C9H17NO. The molecule has 0 amide bonds. The SMILES string of the molecule is CC(C=NO)C1CCCCC1. The molecule has 0 aromatic heterocycles. The van der Waals surface area contributed by atoms with Crippen LogP contribution in [-0.2, 0) is 0 Å². The summed E-state index contributed by atoms with van der Waals surface area (Å²) < 4.78 is 0. The third-order valence-corrected chi connectivity index (χ3v) is 2.70. The van der Waals surface area contributed by atoms with Crippen molar-refractivity contribution in [3.8, 4) is 0 Å². The number of nitrogens with zero attached hydrogens (tertiary/aromatic N) is 1. The first-order chi connectivity index (χ1) is 5.34. The van der Waals surface area contributed by atoms with Gasteiger partial charge >= 0.3 is 0 Å². The highest BCUT2D eigenvalue weighted by Crippen LogP contribution is 2.28. The molecule has 0 radical (unpaired) electrons. The van der Waals surface area contributed by atoms with Crippen LogP contribution >= 0.6 is 0 Å². The quantitative estimate of drug-likeness (QED) is 0.371. The van der Waals surface area contributed by atoms with E-state index in [9.17, 15) is 0 Å². The van der Waals surface area contributed by atoms with Gasteiger partial charge in [0.05, 0.1) is 0 Å². The maximum Gasteiger partial charge on any atom is 0.0466 e. The van der Waals surface area contributed by atoms with Gasteiger partial charge in [0.15, 0.2) is 0 Å². The Morgan fingerprint density at radius 3 is 2.55 bits per heavy atom. The summed E-state index contributed by atoms with van der Waals surface area (Å²) in [5.41, 5.74) is 0. The molecule has 2 heteroatoms. The topological polar surface area (TPSA) is 32.6 Å². The lowest BCUT2D eigenvalue weighted by Gasteiger charge is -2.24. The number of oxime groups is 1. The summed E-state index contributed by atoms with van der Waals surface area (Å²) in [6, 6.07) is 0. The van der Waals surface area contributed by atoms with Crippen molar-refractivity contribution in [2.24, 2.45) is 17.0 Å². The molecule has 0 aliphatic heterocycles. The largest absolute Gasteiger partial charge is 0.411 e. The predicted octanol–water partition coefficient (Wildman–Crippen LogP) is 2.66. The zero-order chi connectivity index (χ0) is 8.10. The van der Waals surface area contributed by atoms with Crippen LogP contribution in [0.4, 0.5) is 0 Å². The zero-order valence-electron chi connectivity index (χ0n) is 7.16. The highest BCUT2D eigenvalue weighted by molar-refractivity contribution is 5.59. The smallest absolute Gasteiger partial charge is 0.0466 e. The lowest BCUT2D eigenvalue weighted by molar-refractivity contribution is 0.293. The fraction of sp³-hybridized carbons (Fsp3) is 0.889. The molecule has 1 rings (SSSR count). The van der Waals surface area contributed by atoms with E-state index >= 15 is 0 Å². The van der Waals surface area contributed by atoms with E-state index in [4.69, 9.17) is 5.21 Å². The highest BCUT2D eigenvalue weighted by Gasteiger charge is 2.18. The van der Waals surface area contributed by atoms with Gasteiger partial charge in [0.25, 0.3) is 0 Å². The molecule has 0 spiro atoms. The van der Waals surface area contributed by atoms with Gasteiger partial charge in [-0.05, 0) is 24.7 Å². The molecule has 1 atom stereocenters. The summed E-state index contributed by atoms with van der Waals surface area (Å²) in [4.78, 5) is 0. The Labute approximate surface area is 68.3 Å². The van der Waals surface area contributed by atoms with Gasteiger partial charge in [0, 0.05) is 6.21 Å². The van der Waals surface area contributed by atoms with Crippen LogP contribution in [0.25, 0.3) is 0 Å². The fourth-order valence-electron chi connectivity index (χ4n) is 1.89. The normalized spacial score (nSPS) is 24.1. The van der Waals surface area contributed by atoms with Crippen molar-refractivity contribution in [3.05, 3.63) is 0 Å². The Morgan fingerprint density at radius 2 is 2.00 bits per heavy atom. The molecule has 1 aliphatic rings. The summed E-state index contributed by atoms with van der Waals surface area (Å²) in [6.07, 6.45) is 8.39. The van der Waals surface area contributed by atoms with Crippen molar-refractivity contribution >= 4 is 6.21 Å². The van der Waals surface area contributed by atoms with Crippen LogP contribution in [0.5, 0.6) is 0 Å². The number of rotatable bonds is 2. The molecule has 0 bridgehead atoms. The van der Waals surface area contributed by atoms with Gasteiger partial charge in [-0.25, -0.2) is 0 Å². The van der Waals surface area contributed by atoms with Crippen molar-refractivity contribution in [3.63, 3.8) is 0 Å². The molecule has 64 valence electrons. The lowest BCUT2D eigenvalue weighted by atomic mass is 9.81. The molecule has 0 heterocycles. The highest BCUT2D eigenvalue weighted by atomic mass is 16.4. The summed E-state index contributed by atoms with van der Waals surface area (Å²) in [5, 5.41) is 11.4. The minimum atomic E-state index is 0.459. The Hall–Kier alpha value is -0.530. The average molecular weight is 155 g/mol. The van der Waals surface area contributed by atoms with Crippen molar-refractivity contribution in [2.75, 3.05) is 0 Å². The van der Waals surface area contributed by atoms with Crippen LogP contribution in [0.15, 0.2) is 5.16 Å². The lowest BCUT2D eigenvalue weighted by Crippen LogP contribution is -2.16. The molecule has 1 aliphatic carbocycles. The van der Waals surface area contributed by atoms with Crippen molar-refractivity contribution < 1.29 is 5.21 Å². The van der Waals surface area contributed by atoms with E-state index in [-0.39, 0.29) is 0 Å². The molecule has 11 heavy (non-hydrogen) atoms. The second-order valence-electron chi connectivity index (χ2n) is 3.52. The Balaban J connectivity index is 2.32. The number of hydrogen-bond donors (Lipinski definition) is 1. The van der Waals surface area contributed by atoms with Gasteiger partial charge in [-0.2, -0.15) is 0 Å². The van der Waals surface area contributed by atoms with Gasteiger partial charge in [0.2, 0.25) is 0 Å². The summed E-state index contributed by atoms with van der Waals surface area (Å²) in [6.45, 7) is 2.13. The second-order valence-corrected chi connectivity index (χ2v) is 3.52. The molecular weight excluding hydrogens is 138 g/mol. The fourth-order valence-corrected chi connectivity index (χ4v) is 1.89. The molecule has 0 aromatic carbocycles. The van der Waals surface area contributed by atoms with E-state index in [1.165, 1.54) is 32.1 Å². The maximum absolute atomic E-state index is 8.34. The molecule has 1 fully saturated rings. The minimum Gasteiger partial charge on any atom is -0.411 e. The monoisotopic (exact) mass is 155 g/mol. The van der Waals surface area contributed by atoms with Crippen molar-refractivity contribution in [1.29, 1.82) is 0 Å². The predicted molar refractivity (Wildman–Crippen MR) is 46.0 cm³/mol. The molecule has 0 aromatic rings. The summed E-state index contributed by atoms with van der Waals surface area (Å²) in [7, 11) is 0. The summed E-state index contributed by atoms with van der Waals surface area (Å²) in [5.74, 6) is 1.22. The summed E-state index contributed by atoms with van der Waals surface area (Å²) >= 11 is 0. The first-order valence-electron chi connectivity index (χ1n) is 4.52. The molecule has 1 unspecified atom stereocenters. The van der Waals surface area contributed by atoms with Crippen LogP contribution in [0, 0.1) is 11.8 Å². The second kappa shape index (κ2) is 4.37. The van der Waals surface area contributed by atoms with Gasteiger partial charge in [-0.3, -0.25) is 0 Å². The van der Waals surface area contributed by atoms with Crippen LogP contribution in [-0.4, -0.2) is 11.4 Å². The Morgan fingerprint density at radius 1 is 1.36 bits per heavy atom. The Bertz CT molecular complexity index is 128. The van der Waals surface area contributed by atoms with E-state index < -0.39 is 0 Å². The molecule has 0 saturated heterocycles. The van der Waals surface area contributed by atoms with Crippen LogP contribution in [0.3, 0.4) is 0 Å². The van der Waals surface area contributed by atoms with Crippen LogP contribution in [0.2, 0.25) is 0 Å². The van der Waals surface area contributed by atoms with Gasteiger partial charge in [-0.15, -0.1) is 5.16 Å². The molecule has 1 N–H and O–H groups in total.